The molecule has 1 atom stereocenters. The molecule has 0 aromatic heterocycles. The number of amides is 1. The number of para-hydroxylation sites is 1. The van der Waals surface area contributed by atoms with Crippen LogP contribution in [0.1, 0.15) is 29.8 Å². The molecule has 0 bridgehead atoms. The molecular weight excluding hydrogens is 380 g/mol. The van der Waals surface area contributed by atoms with Gasteiger partial charge in [0, 0.05) is 12.5 Å². The molecule has 152 valence electrons. The van der Waals surface area contributed by atoms with Gasteiger partial charge in [-0.15, -0.1) is 5.10 Å². The van der Waals surface area contributed by atoms with Gasteiger partial charge < -0.3 is 14.2 Å². The Labute approximate surface area is 175 Å². The third-order valence-corrected chi connectivity index (χ3v) is 4.73. The van der Waals surface area contributed by atoms with E-state index in [4.69, 9.17) is 14.2 Å². The fraction of sp³-hybridized carbons (Fsp3) is 0.167. The second-order valence-electron chi connectivity index (χ2n) is 6.78. The van der Waals surface area contributed by atoms with E-state index in [-0.39, 0.29) is 5.91 Å². The predicted molar refractivity (Wildman–Crippen MR) is 113 cm³/mol. The minimum atomic E-state index is -0.702. The highest BCUT2D eigenvalue weighted by Gasteiger charge is 2.35. The van der Waals surface area contributed by atoms with E-state index in [9.17, 15) is 4.79 Å². The molecule has 3 aromatic rings. The van der Waals surface area contributed by atoms with Gasteiger partial charge in [-0.25, -0.2) is 0 Å². The van der Waals surface area contributed by atoms with Crippen LogP contribution in [0.4, 0.5) is 0 Å². The molecule has 0 fully saturated rings. The lowest BCUT2D eigenvalue weighted by Crippen LogP contribution is -2.25. The van der Waals surface area contributed by atoms with Crippen LogP contribution in [0.2, 0.25) is 0 Å². The van der Waals surface area contributed by atoms with Gasteiger partial charge in [0.05, 0.1) is 12.7 Å². The highest BCUT2D eigenvalue weighted by molar-refractivity contribution is 5.96. The summed E-state index contributed by atoms with van der Waals surface area (Å²) < 4.78 is 17.4. The summed E-state index contributed by atoms with van der Waals surface area (Å²) in [4.78, 5) is 12.3. The molecule has 1 heterocycles. The molecule has 1 aliphatic rings. The van der Waals surface area contributed by atoms with Gasteiger partial charge in [-0.1, -0.05) is 42.5 Å². The predicted octanol–water partition coefficient (Wildman–Crippen LogP) is 4.51. The average Bonchev–Trinajstić information content (AvgIpc) is 3.24. The number of hydrazone groups is 1. The lowest BCUT2D eigenvalue weighted by molar-refractivity contribution is -0.135. The number of rotatable bonds is 6. The maximum atomic E-state index is 12.3. The number of ether oxygens (including phenoxy) is 3. The van der Waals surface area contributed by atoms with Crippen LogP contribution in [0.5, 0.6) is 11.5 Å². The van der Waals surface area contributed by atoms with Gasteiger partial charge in [-0.05, 0) is 42.0 Å². The van der Waals surface area contributed by atoms with Crippen molar-refractivity contribution in [2.45, 2.75) is 19.8 Å². The quantitative estimate of drug-likeness (QED) is 0.609. The van der Waals surface area contributed by atoms with Crippen molar-refractivity contribution in [2.24, 2.45) is 5.10 Å². The summed E-state index contributed by atoms with van der Waals surface area (Å²) in [6.45, 7) is 1.88. The van der Waals surface area contributed by atoms with Crippen LogP contribution >= 0.6 is 0 Å². The summed E-state index contributed by atoms with van der Waals surface area (Å²) in [5.41, 5.74) is 2.54. The number of carbonyl (C=O) groups excluding carboxylic acids is 1. The molecule has 0 aliphatic carbocycles. The van der Waals surface area contributed by atoms with Crippen LogP contribution in [0.15, 0.2) is 84.0 Å². The van der Waals surface area contributed by atoms with E-state index < -0.39 is 6.23 Å². The van der Waals surface area contributed by atoms with Crippen molar-refractivity contribution in [1.29, 1.82) is 0 Å². The zero-order valence-electron chi connectivity index (χ0n) is 16.8. The molecule has 6 nitrogen and oxygen atoms in total. The maximum absolute atomic E-state index is 12.3. The number of hydrogen-bond donors (Lipinski definition) is 0. The summed E-state index contributed by atoms with van der Waals surface area (Å²) in [6, 6.07) is 24.8. The topological polar surface area (TPSA) is 60.4 Å². The van der Waals surface area contributed by atoms with Gasteiger partial charge in [0.25, 0.3) is 0 Å². The van der Waals surface area contributed by atoms with Crippen molar-refractivity contribution < 1.29 is 19.0 Å². The smallest absolute Gasteiger partial charge is 0.243 e. The average molecular weight is 402 g/mol. The minimum Gasteiger partial charge on any atom is -0.497 e. The first kappa shape index (κ1) is 19.5. The molecule has 3 aromatic carbocycles. The first-order chi connectivity index (χ1) is 14.7. The largest absolute Gasteiger partial charge is 0.497 e. The van der Waals surface area contributed by atoms with Crippen LogP contribution in [-0.2, 0) is 16.1 Å². The molecule has 0 saturated heterocycles. The number of hydrogen-bond acceptors (Lipinski definition) is 5. The van der Waals surface area contributed by atoms with Gasteiger partial charge in [0.15, 0.2) is 0 Å². The lowest BCUT2D eigenvalue weighted by atomic mass is 10.1. The lowest BCUT2D eigenvalue weighted by Gasteiger charge is -2.22. The number of methoxy groups -OCH3 is 1. The van der Waals surface area contributed by atoms with Crippen molar-refractivity contribution in [3.8, 4) is 11.5 Å². The summed E-state index contributed by atoms with van der Waals surface area (Å²) in [5.74, 6) is 1.53. The number of carbonyl (C=O) groups is 1. The highest BCUT2D eigenvalue weighted by atomic mass is 16.5. The van der Waals surface area contributed by atoms with E-state index in [0.717, 1.165) is 22.4 Å². The summed E-state index contributed by atoms with van der Waals surface area (Å²) >= 11 is 0. The van der Waals surface area contributed by atoms with E-state index in [0.29, 0.717) is 18.3 Å². The monoisotopic (exact) mass is 402 g/mol. The van der Waals surface area contributed by atoms with E-state index in [1.54, 1.807) is 7.11 Å². The van der Waals surface area contributed by atoms with Crippen LogP contribution in [0.25, 0.3) is 0 Å². The number of nitrogens with zero attached hydrogens (tertiary/aromatic N) is 2. The molecule has 1 amide bonds. The third-order valence-electron chi connectivity index (χ3n) is 4.73. The number of benzene rings is 3. The van der Waals surface area contributed by atoms with Crippen LogP contribution in [0.3, 0.4) is 0 Å². The van der Waals surface area contributed by atoms with Crippen molar-refractivity contribution in [2.75, 3.05) is 7.11 Å². The Balaban J connectivity index is 1.59. The summed E-state index contributed by atoms with van der Waals surface area (Å²) in [5, 5.41) is 5.75. The maximum Gasteiger partial charge on any atom is 0.243 e. The molecule has 30 heavy (non-hydrogen) atoms. The second-order valence-corrected chi connectivity index (χ2v) is 6.78. The molecule has 1 aliphatic heterocycles. The highest BCUT2D eigenvalue weighted by Crippen LogP contribution is 2.36. The molecule has 0 spiro atoms. The Morgan fingerprint density at radius 2 is 1.70 bits per heavy atom. The van der Waals surface area contributed by atoms with Crippen LogP contribution in [-0.4, -0.2) is 23.9 Å². The fourth-order valence-corrected chi connectivity index (χ4v) is 3.17. The molecular formula is C24H22N2O4. The normalized spacial score (nSPS) is 15.3. The Morgan fingerprint density at radius 3 is 2.40 bits per heavy atom. The third kappa shape index (κ3) is 4.12. The summed E-state index contributed by atoms with van der Waals surface area (Å²) in [7, 11) is 1.61. The Kier molecular flexibility index (Phi) is 5.66. The molecule has 6 heteroatoms. The minimum absolute atomic E-state index is 0.221. The van der Waals surface area contributed by atoms with Gasteiger partial charge >= 0.3 is 0 Å². The van der Waals surface area contributed by atoms with Crippen LogP contribution in [0, 0.1) is 0 Å². The molecule has 0 saturated carbocycles. The Hall–Kier alpha value is -3.80. The van der Waals surface area contributed by atoms with E-state index in [2.05, 4.69) is 5.10 Å². The van der Waals surface area contributed by atoms with Gasteiger partial charge in [0.1, 0.15) is 18.1 Å². The van der Waals surface area contributed by atoms with Crippen LogP contribution < -0.4 is 9.47 Å². The van der Waals surface area contributed by atoms with Crippen molar-refractivity contribution in [3.05, 3.63) is 95.6 Å². The fourth-order valence-electron chi connectivity index (χ4n) is 3.17. The van der Waals surface area contributed by atoms with Crippen molar-refractivity contribution in [3.63, 3.8) is 0 Å². The van der Waals surface area contributed by atoms with E-state index >= 15 is 0 Å². The zero-order chi connectivity index (χ0) is 20.9. The van der Waals surface area contributed by atoms with Gasteiger partial charge in [0.2, 0.25) is 18.0 Å². The van der Waals surface area contributed by atoms with Crippen molar-refractivity contribution in [1.82, 2.24) is 5.01 Å². The van der Waals surface area contributed by atoms with Gasteiger partial charge in [-0.2, -0.15) is 5.01 Å². The van der Waals surface area contributed by atoms with E-state index in [1.165, 1.54) is 11.9 Å². The molecule has 0 radical (unpaired) electrons. The molecule has 0 unspecified atom stereocenters. The summed E-state index contributed by atoms with van der Waals surface area (Å²) in [6.07, 6.45) is -0.702. The van der Waals surface area contributed by atoms with E-state index in [1.807, 2.05) is 78.9 Å². The molecule has 4 rings (SSSR count). The first-order valence-corrected chi connectivity index (χ1v) is 9.61. The Bertz CT molecular complexity index is 1050. The molecule has 0 N–H and O–H groups in total. The first-order valence-electron chi connectivity index (χ1n) is 9.61. The Morgan fingerprint density at radius 1 is 1.00 bits per heavy atom. The standard InChI is InChI=1S/C24H22N2O4/c1-17(27)26-24(30-23(25-26)19-12-14-20(28-2)15-13-19)21-10-6-7-11-22(21)29-16-18-8-4-3-5-9-18/h3-15,24H,16H2,1-2H3/t24-/m1/s1. The SMILES string of the molecule is COc1ccc(C2=NN(C(C)=O)[C@@H](c3ccccc3OCc3ccccc3)O2)cc1. The van der Waals surface area contributed by atoms with Crippen molar-refractivity contribution >= 4 is 11.8 Å². The van der Waals surface area contributed by atoms with Gasteiger partial charge in [-0.3, -0.25) is 4.79 Å². The zero-order valence-corrected chi connectivity index (χ0v) is 16.8. The second kappa shape index (κ2) is 8.69.